The smallest absolute Gasteiger partial charge is 0.159 e. The van der Waals surface area contributed by atoms with Crippen LogP contribution in [0.15, 0.2) is 0 Å². The van der Waals surface area contributed by atoms with E-state index in [0.717, 1.165) is 13.0 Å². The van der Waals surface area contributed by atoms with E-state index in [1.54, 1.807) is 0 Å². The van der Waals surface area contributed by atoms with Crippen molar-refractivity contribution in [1.29, 1.82) is 0 Å². The van der Waals surface area contributed by atoms with E-state index in [-0.39, 0.29) is 19.0 Å². The third-order valence-electron chi connectivity index (χ3n) is 2.90. The summed E-state index contributed by atoms with van der Waals surface area (Å²) in [4.78, 5) is 0. The lowest BCUT2D eigenvalue weighted by Crippen LogP contribution is -2.27. The van der Waals surface area contributed by atoms with Gasteiger partial charge in [-0.05, 0) is 25.8 Å². The maximum Gasteiger partial charge on any atom is 0.159 e. The summed E-state index contributed by atoms with van der Waals surface area (Å²) in [7, 11) is 0. The number of rotatable bonds is 4. The van der Waals surface area contributed by atoms with Crippen LogP contribution in [0.5, 0.6) is 0 Å². The van der Waals surface area contributed by atoms with Crippen molar-refractivity contribution in [3.05, 3.63) is 0 Å². The van der Waals surface area contributed by atoms with Gasteiger partial charge in [-0.25, -0.2) is 0 Å². The molecular weight excluding hydrogens is 182 g/mol. The van der Waals surface area contributed by atoms with E-state index in [9.17, 15) is 0 Å². The Morgan fingerprint density at radius 2 is 2.36 bits per heavy atom. The lowest BCUT2D eigenvalue weighted by Gasteiger charge is -2.15. The molecule has 0 radical (unpaired) electrons. The second-order valence-corrected chi connectivity index (χ2v) is 4.06. The van der Waals surface area contributed by atoms with Gasteiger partial charge >= 0.3 is 0 Å². The van der Waals surface area contributed by atoms with Crippen LogP contribution >= 0.6 is 0 Å². The van der Waals surface area contributed by atoms with Crippen LogP contribution in [0, 0.1) is 0 Å². The summed E-state index contributed by atoms with van der Waals surface area (Å²) in [6.45, 7) is 1.94. The fourth-order valence-corrected chi connectivity index (χ4v) is 2.12. The van der Waals surface area contributed by atoms with Crippen LogP contribution in [-0.4, -0.2) is 43.3 Å². The molecule has 2 fully saturated rings. The third kappa shape index (κ3) is 2.67. The second-order valence-electron chi connectivity index (χ2n) is 4.06. The lowest BCUT2D eigenvalue weighted by atomic mass is 10.1. The van der Waals surface area contributed by atoms with Gasteiger partial charge in [0, 0.05) is 19.1 Å². The van der Waals surface area contributed by atoms with Crippen molar-refractivity contribution in [2.24, 2.45) is 0 Å². The predicted octanol–water partition coefficient (Wildman–Crippen LogP) is 0.252. The minimum Gasteiger partial charge on any atom is -0.396 e. The molecule has 82 valence electrons. The quantitative estimate of drug-likeness (QED) is 0.684. The lowest BCUT2D eigenvalue weighted by molar-refractivity contribution is -0.0688. The molecule has 3 unspecified atom stereocenters. The van der Waals surface area contributed by atoms with Crippen molar-refractivity contribution in [3.63, 3.8) is 0 Å². The van der Waals surface area contributed by atoms with Crippen LogP contribution < -0.4 is 5.32 Å². The Bertz CT molecular complexity index is 171. The Balaban J connectivity index is 1.67. The fourth-order valence-electron chi connectivity index (χ4n) is 2.12. The Hall–Kier alpha value is -0.160. The molecule has 0 amide bonds. The van der Waals surface area contributed by atoms with E-state index in [1.165, 1.54) is 12.8 Å². The van der Waals surface area contributed by atoms with Crippen LogP contribution in [-0.2, 0) is 9.47 Å². The zero-order valence-electron chi connectivity index (χ0n) is 8.45. The highest BCUT2D eigenvalue weighted by atomic mass is 16.7. The topological polar surface area (TPSA) is 50.7 Å². The first-order valence-corrected chi connectivity index (χ1v) is 5.50. The summed E-state index contributed by atoms with van der Waals surface area (Å²) in [5, 5.41) is 12.2. The van der Waals surface area contributed by atoms with Crippen molar-refractivity contribution in [2.45, 2.75) is 44.1 Å². The predicted molar refractivity (Wildman–Crippen MR) is 52.0 cm³/mol. The molecule has 0 aromatic carbocycles. The number of hydrogen-bond donors (Lipinski definition) is 2. The van der Waals surface area contributed by atoms with E-state index in [1.807, 2.05) is 0 Å². The van der Waals surface area contributed by atoms with Crippen LogP contribution in [0.4, 0.5) is 0 Å². The average molecular weight is 201 g/mol. The molecule has 2 rings (SSSR count). The molecule has 2 aliphatic heterocycles. The molecule has 0 spiro atoms. The summed E-state index contributed by atoms with van der Waals surface area (Å²) in [6.07, 6.45) is 4.18. The van der Waals surface area contributed by atoms with Gasteiger partial charge in [0.2, 0.25) is 0 Å². The highest BCUT2D eigenvalue weighted by Gasteiger charge is 2.28. The van der Waals surface area contributed by atoms with E-state index >= 15 is 0 Å². The molecule has 4 nitrogen and oxygen atoms in total. The van der Waals surface area contributed by atoms with E-state index < -0.39 is 0 Å². The molecular formula is C10H19NO3. The summed E-state index contributed by atoms with van der Waals surface area (Å²) < 4.78 is 11.1. The molecule has 2 heterocycles. The minimum atomic E-state index is -0.0536. The van der Waals surface area contributed by atoms with Crippen molar-refractivity contribution in [2.75, 3.05) is 19.8 Å². The van der Waals surface area contributed by atoms with Crippen LogP contribution in [0.2, 0.25) is 0 Å². The van der Waals surface area contributed by atoms with Gasteiger partial charge in [0.05, 0.1) is 12.7 Å². The van der Waals surface area contributed by atoms with Crippen LogP contribution in [0.3, 0.4) is 0 Å². The van der Waals surface area contributed by atoms with Gasteiger partial charge in [0.15, 0.2) is 6.29 Å². The van der Waals surface area contributed by atoms with Gasteiger partial charge in [-0.2, -0.15) is 0 Å². The second kappa shape index (κ2) is 5.07. The summed E-state index contributed by atoms with van der Waals surface area (Å²) in [6, 6.07) is 0.563. The maximum atomic E-state index is 8.75. The van der Waals surface area contributed by atoms with Crippen LogP contribution in [0.1, 0.15) is 25.7 Å². The summed E-state index contributed by atoms with van der Waals surface area (Å²) in [5.74, 6) is 0. The number of nitrogens with one attached hydrogen (secondary N) is 1. The van der Waals surface area contributed by atoms with Crippen molar-refractivity contribution < 1.29 is 14.6 Å². The van der Waals surface area contributed by atoms with E-state index in [2.05, 4.69) is 5.32 Å². The molecule has 0 saturated carbocycles. The highest BCUT2D eigenvalue weighted by molar-refractivity contribution is 4.77. The zero-order valence-corrected chi connectivity index (χ0v) is 8.45. The molecule has 0 aromatic heterocycles. The van der Waals surface area contributed by atoms with Gasteiger partial charge in [-0.1, -0.05) is 0 Å². The molecule has 14 heavy (non-hydrogen) atoms. The fraction of sp³-hybridized carbons (Fsp3) is 1.00. The molecule has 2 N–H and O–H groups in total. The van der Waals surface area contributed by atoms with Gasteiger partial charge in [0.25, 0.3) is 0 Å². The average Bonchev–Trinajstić information content (AvgIpc) is 2.79. The van der Waals surface area contributed by atoms with Gasteiger partial charge in [-0.3, -0.25) is 0 Å². The molecule has 0 aromatic rings. The maximum absolute atomic E-state index is 8.75. The number of hydrogen-bond acceptors (Lipinski definition) is 4. The first-order valence-electron chi connectivity index (χ1n) is 5.50. The van der Waals surface area contributed by atoms with Gasteiger partial charge in [-0.15, -0.1) is 0 Å². The Morgan fingerprint density at radius 1 is 1.43 bits per heavy atom. The third-order valence-corrected chi connectivity index (χ3v) is 2.90. The molecule has 2 saturated heterocycles. The molecule has 0 bridgehead atoms. The number of aliphatic hydroxyl groups is 1. The SMILES string of the molecule is OCCC1COC(CC2CCCN2)O1. The van der Waals surface area contributed by atoms with Crippen molar-refractivity contribution >= 4 is 0 Å². The van der Waals surface area contributed by atoms with E-state index in [0.29, 0.717) is 19.1 Å². The molecule has 3 atom stereocenters. The largest absolute Gasteiger partial charge is 0.396 e. The zero-order chi connectivity index (χ0) is 9.80. The first kappa shape index (κ1) is 10.4. The standard InChI is InChI=1S/C10H19NO3/c12-5-3-9-7-13-10(14-9)6-8-2-1-4-11-8/h8-12H,1-7H2. The normalized spacial score (nSPS) is 37.9. The highest BCUT2D eigenvalue weighted by Crippen LogP contribution is 2.20. The van der Waals surface area contributed by atoms with Gasteiger partial charge < -0.3 is 19.9 Å². The first-order chi connectivity index (χ1) is 6.88. The Kier molecular flexibility index (Phi) is 3.75. The Labute approximate surface area is 84.6 Å². The number of ether oxygens (including phenoxy) is 2. The summed E-state index contributed by atoms with van der Waals surface area (Å²) in [5.41, 5.74) is 0. The number of aliphatic hydroxyl groups excluding tert-OH is 1. The molecule has 2 aliphatic rings. The monoisotopic (exact) mass is 201 g/mol. The minimum absolute atomic E-state index is 0.0536. The molecule has 0 aliphatic carbocycles. The van der Waals surface area contributed by atoms with Crippen molar-refractivity contribution in [3.8, 4) is 0 Å². The van der Waals surface area contributed by atoms with Crippen molar-refractivity contribution in [1.82, 2.24) is 5.32 Å². The Morgan fingerprint density at radius 3 is 3.07 bits per heavy atom. The molecule has 4 heteroatoms. The van der Waals surface area contributed by atoms with Crippen LogP contribution in [0.25, 0.3) is 0 Å². The van der Waals surface area contributed by atoms with Gasteiger partial charge in [0.1, 0.15) is 0 Å². The summed E-state index contributed by atoms with van der Waals surface area (Å²) >= 11 is 0. The van der Waals surface area contributed by atoms with E-state index in [4.69, 9.17) is 14.6 Å².